The molecular weight excluding hydrogens is 623 g/mol. The molecule has 4 nitrogen and oxygen atoms in total. The summed E-state index contributed by atoms with van der Waals surface area (Å²) in [6.07, 6.45) is 1.66. The van der Waals surface area contributed by atoms with Gasteiger partial charge in [-0.1, -0.05) is 35.9 Å². The molecule has 0 aliphatic carbocycles. The predicted octanol–water partition coefficient (Wildman–Crippen LogP) is 6.27. The van der Waals surface area contributed by atoms with Crippen molar-refractivity contribution in [3.63, 3.8) is 0 Å². The van der Waals surface area contributed by atoms with E-state index in [1.807, 2.05) is 24.3 Å². The fourth-order valence-corrected chi connectivity index (χ4v) is 5.20. The van der Waals surface area contributed by atoms with Gasteiger partial charge in [-0.3, -0.25) is 0 Å². The van der Waals surface area contributed by atoms with Crippen molar-refractivity contribution in [2.45, 2.75) is 13.5 Å². The highest BCUT2D eigenvalue weighted by molar-refractivity contribution is 14.1. The lowest BCUT2D eigenvalue weighted by Gasteiger charge is -2.12. The number of nitrogens with zero attached hydrogens (tertiary/aromatic N) is 1. The Kier molecular flexibility index (Phi) is 6.71. The average molecular weight is 639 g/mol. The second kappa shape index (κ2) is 9.47. The van der Waals surface area contributed by atoms with E-state index >= 15 is 0 Å². The molecule has 1 aliphatic rings. The first-order valence-electron chi connectivity index (χ1n) is 9.35. The lowest BCUT2D eigenvalue weighted by molar-refractivity contribution is -0.129. The summed E-state index contributed by atoms with van der Waals surface area (Å²) in [5, 5.41) is 0. The SMILES string of the molecule is Cc1cccc(COc2c(I)cc(C=C3N=C(c4cccc(F)c4)OC3=O)cc2I)c1. The molecule has 0 radical (unpaired) electrons. The molecule has 156 valence electrons. The molecule has 0 saturated heterocycles. The molecule has 1 heterocycles. The van der Waals surface area contributed by atoms with Gasteiger partial charge in [-0.2, -0.15) is 0 Å². The minimum atomic E-state index is -0.566. The Hall–Kier alpha value is -2.27. The molecule has 0 atom stereocenters. The Morgan fingerprint density at radius 2 is 1.81 bits per heavy atom. The van der Waals surface area contributed by atoms with Crippen LogP contribution in [0.5, 0.6) is 5.75 Å². The molecule has 0 unspecified atom stereocenters. The maximum Gasteiger partial charge on any atom is 0.363 e. The van der Waals surface area contributed by atoms with Gasteiger partial charge in [0.1, 0.15) is 18.2 Å². The van der Waals surface area contributed by atoms with Crippen LogP contribution in [0.4, 0.5) is 4.39 Å². The van der Waals surface area contributed by atoms with Crippen LogP contribution in [-0.2, 0) is 16.1 Å². The zero-order chi connectivity index (χ0) is 22.0. The number of cyclic esters (lactones) is 1. The van der Waals surface area contributed by atoms with Crippen molar-refractivity contribution in [3.05, 3.63) is 102 Å². The highest BCUT2D eigenvalue weighted by atomic mass is 127. The number of carbonyl (C=O) groups excluding carboxylic acids is 1. The van der Waals surface area contributed by atoms with E-state index in [0.29, 0.717) is 12.2 Å². The highest BCUT2D eigenvalue weighted by Crippen LogP contribution is 2.31. The number of benzene rings is 3. The normalized spacial score (nSPS) is 14.5. The van der Waals surface area contributed by atoms with Crippen LogP contribution in [0, 0.1) is 19.9 Å². The van der Waals surface area contributed by atoms with E-state index in [9.17, 15) is 9.18 Å². The highest BCUT2D eigenvalue weighted by Gasteiger charge is 2.24. The van der Waals surface area contributed by atoms with E-state index in [-0.39, 0.29) is 11.6 Å². The minimum Gasteiger partial charge on any atom is -0.487 e. The zero-order valence-electron chi connectivity index (χ0n) is 16.4. The van der Waals surface area contributed by atoms with Crippen LogP contribution in [0.15, 0.2) is 71.4 Å². The second-order valence-corrected chi connectivity index (χ2v) is 9.26. The molecular formula is C24H16FI2NO3. The summed E-state index contributed by atoms with van der Waals surface area (Å²) in [7, 11) is 0. The molecule has 3 aromatic carbocycles. The van der Waals surface area contributed by atoms with E-state index < -0.39 is 11.8 Å². The number of carbonyl (C=O) groups is 1. The van der Waals surface area contributed by atoms with Gasteiger partial charge in [-0.15, -0.1) is 0 Å². The smallest absolute Gasteiger partial charge is 0.363 e. The fraction of sp³-hybridized carbons (Fsp3) is 0.0833. The Bertz CT molecular complexity index is 1210. The van der Waals surface area contributed by atoms with Crippen LogP contribution in [0.25, 0.3) is 6.08 Å². The molecule has 0 aromatic heterocycles. The molecule has 0 saturated carbocycles. The summed E-state index contributed by atoms with van der Waals surface area (Å²) in [5.74, 6) is -0.0934. The summed E-state index contributed by atoms with van der Waals surface area (Å²) in [6, 6.07) is 17.8. The molecule has 0 bridgehead atoms. The summed E-state index contributed by atoms with van der Waals surface area (Å²) in [5.41, 5.74) is 3.67. The first-order valence-corrected chi connectivity index (χ1v) is 11.5. The number of halogens is 3. The molecule has 0 amide bonds. The summed E-state index contributed by atoms with van der Waals surface area (Å²) in [4.78, 5) is 16.5. The quantitative estimate of drug-likeness (QED) is 0.188. The Morgan fingerprint density at radius 3 is 2.52 bits per heavy atom. The summed E-state index contributed by atoms with van der Waals surface area (Å²) >= 11 is 4.43. The molecule has 0 spiro atoms. The fourth-order valence-electron chi connectivity index (χ4n) is 3.07. The van der Waals surface area contributed by atoms with E-state index in [0.717, 1.165) is 24.0 Å². The third kappa shape index (κ3) is 5.32. The van der Waals surface area contributed by atoms with Crippen LogP contribution in [0.2, 0.25) is 0 Å². The summed E-state index contributed by atoms with van der Waals surface area (Å²) in [6.45, 7) is 2.53. The van der Waals surface area contributed by atoms with E-state index in [1.54, 1.807) is 18.2 Å². The van der Waals surface area contributed by atoms with Crippen molar-refractivity contribution in [2.75, 3.05) is 0 Å². The average Bonchev–Trinajstić information content (AvgIpc) is 3.08. The Balaban J connectivity index is 1.56. The molecule has 1 aliphatic heterocycles. The Labute approximate surface area is 206 Å². The van der Waals surface area contributed by atoms with Crippen LogP contribution in [0.3, 0.4) is 0 Å². The van der Waals surface area contributed by atoms with Gasteiger partial charge in [0.2, 0.25) is 5.90 Å². The molecule has 3 aromatic rings. The number of aryl methyl sites for hydroxylation is 1. The van der Waals surface area contributed by atoms with Crippen LogP contribution in [0.1, 0.15) is 22.3 Å². The van der Waals surface area contributed by atoms with Crippen LogP contribution < -0.4 is 4.74 Å². The van der Waals surface area contributed by atoms with E-state index in [1.165, 1.54) is 17.7 Å². The molecule has 0 N–H and O–H groups in total. The number of hydrogen-bond donors (Lipinski definition) is 0. The standard InChI is InChI=1S/C24H16FI2NO3/c1-14-4-2-5-15(8-14)13-30-22-19(26)9-16(10-20(22)27)11-21-24(29)31-23(28-21)17-6-3-7-18(25)12-17/h2-12H,13H2,1H3. The predicted molar refractivity (Wildman–Crippen MR) is 134 cm³/mol. The van der Waals surface area contributed by atoms with Crippen LogP contribution in [-0.4, -0.2) is 11.9 Å². The van der Waals surface area contributed by atoms with Crippen molar-refractivity contribution in [1.82, 2.24) is 0 Å². The second-order valence-electron chi connectivity index (χ2n) is 6.94. The third-order valence-electron chi connectivity index (χ3n) is 4.48. The topological polar surface area (TPSA) is 47.9 Å². The number of hydrogen-bond acceptors (Lipinski definition) is 4. The molecule has 0 fully saturated rings. The first kappa shape index (κ1) is 21.9. The lowest BCUT2D eigenvalue weighted by Crippen LogP contribution is -2.05. The molecule has 4 rings (SSSR count). The first-order chi connectivity index (χ1) is 14.9. The number of ether oxygens (including phenoxy) is 2. The van der Waals surface area contributed by atoms with Crippen molar-refractivity contribution in [3.8, 4) is 5.75 Å². The molecule has 31 heavy (non-hydrogen) atoms. The van der Waals surface area contributed by atoms with Crippen molar-refractivity contribution in [2.24, 2.45) is 4.99 Å². The lowest BCUT2D eigenvalue weighted by atomic mass is 10.1. The summed E-state index contributed by atoms with van der Waals surface area (Å²) < 4.78 is 26.6. The minimum absolute atomic E-state index is 0.0956. The van der Waals surface area contributed by atoms with Gasteiger partial charge in [-0.05, 0) is 99.6 Å². The van der Waals surface area contributed by atoms with Crippen molar-refractivity contribution < 1.29 is 18.7 Å². The van der Waals surface area contributed by atoms with Gasteiger partial charge in [0.05, 0.1) is 7.14 Å². The van der Waals surface area contributed by atoms with E-state index in [2.05, 4.69) is 69.2 Å². The van der Waals surface area contributed by atoms with Crippen LogP contribution >= 0.6 is 45.2 Å². The Morgan fingerprint density at radius 1 is 1.06 bits per heavy atom. The van der Waals surface area contributed by atoms with Gasteiger partial charge in [0, 0.05) is 5.56 Å². The van der Waals surface area contributed by atoms with Gasteiger partial charge in [0.15, 0.2) is 5.70 Å². The maximum atomic E-state index is 13.5. The van der Waals surface area contributed by atoms with Gasteiger partial charge < -0.3 is 9.47 Å². The number of rotatable bonds is 5. The third-order valence-corrected chi connectivity index (χ3v) is 6.08. The number of aliphatic imine (C=N–C) groups is 1. The maximum absolute atomic E-state index is 13.5. The van der Waals surface area contributed by atoms with Gasteiger partial charge >= 0.3 is 5.97 Å². The largest absolute Gasteiger partial charge is 0.487 e. The van der Waals surface area contributed by atoms with Crippen molar-refractivity contribution in [1.29, 1.82) is 0 Å². The monoisotopic (exact) mass is 639 g/mol. The number of esters is 1. The molecule has 7 heteroatoms. The van der Waals surface area contributed by atoms with Crippen molar-refractivity contribution >= 4 is 63.1 Å². The zero-order valence-corrected chi connectivity index (χ0v) is 20.7. The van der Waals surface area contributed by atoms with E-state index in [4.69, 9.17) is 9.47 Å². The van der Waals surface area contributed by atoms with Gasteiger partial charge in [0.25, 0.3) is 0 Å². The van der Waals surface area contributed by atoms with Gasteiger partial charge in [-0.25, -0.2) is 14.2 Å².